The maximum Gasteiger partial charge on any atom is 0.346 e. The molecule has 0 saturated carbocycles. The van der Waals surface area contributed by atoms with Gasteiger partial charge in [0.25, 0.3) is 5.91 Å². The molecular weight excluding hydrogens is 316 g/mol. The van der Waals surface area contributed by atoms with Crippen molar-refractivity contribution in [2.75, 3.05) is 0 Å². The molecule has 2 N–H and O–H groups in total. The first-order valence-electron chi connectivity index (χ1n) is 7.69. The number of aromatic amines is 1. The number of H-pyrrole nitrogens is 1. The number of nitrogens with zero attached hydrogens (tertiary/aromatic N) is 2. The van der Waals surface area contributed by atoms with E-state index in [1.807, 2.05) is 61.5 Å². The van der Waals surface area contributed by atoms with Gasteiger partial charge in [-0.2, -0.15) is 10.1 Å². The monoisotopic (exact) mass is 332 g/mol. The highest BCUT2D eigenvalue weighted by molar-refractivity contribution is 5.93. The standard InChI is InChI=1S/C19H16N4O2/c1-13-6-5-7-14(10-13)12-20-23-18(24)17-11-16(21-19(25)22-17)15-8-3-2-4-9-15/h2-12H,1H3,(H,23,24)(H,21,22,25)/b20-12+. The highest BCUT2D eigenvalue weighted by atomic mass is 16.2. The molecule has 1 aromatic heterocycles. The minimum atomic E-state index is -0.589. The van der Waals surface area contributed by atoms with E-state index in [1.165, 1.54) is 6.07 Å². The van der Waals surface area contributed by atoms with Crippen molar-refractivity contribution in [1.29, 1.82) is 0 Å². The molecule has 3 rings (SSSR count). The number of nitrogens with one attached hydrogen (secondary N) is 2. The predicted octanol–water partition coefficient (Wildman–Crippen LogP) is 2.51. The number of carbonyl (C=O) groups is 1. The summed E-state index contributed by atoms with van der Waals surface area (Å²) in [7, 11) is 0. The van der Waals surface area contributed by atoms with Gasteiger partial charge in [0, 0.05) is 5.56 Å². The molecular formula is C19H16N4O2. The number of hydrogen-bond donors (Lipinski definition) is 2. The molecule has 0 unspecified atom stereocenters. The molecule has 25 heavy (non-hydrogen) atoms. The molecule has 6 heteroatoms. The summed E-state index contributed by atoms with van der Waals surface area (Å²) in [6, 6.07) is 18.4. The number of carbonyl (C=O) groups excluding carboxylic acids is 1. The van der Waals surface area contributed by atoms with Crippen LogP contribution < -0.4 is 11.1 Å². The lowest BCUT2D eigenvalue weighted by Crippen LogP contribution is -2.24. The second-order valence-electron chi connectivity index (χ2n) is 5.46. The van der Waals surface area contributed by atoms with Crippen molar-refractivity contribution in [3.8, 4) is 11.3 Å². The molecule has 2 aromatic carbocycles. The third kappa shape index (κ3) is 4.26. The van der Waals surface area contributed by atoms with Gasteiger partial charge in [-0.1, -0.05) is 60.2 Å². The van der Waals surface area contributed by atoms with Gasteiger partial charge in [0.15, 0.2) is 0 Å². The lowest BCUT2D eigenvalue weighted by molar-refractivity contribution is 0.0949. The van der Waals surface area contributed by atoms with Gasteiger partial charge in [-0.3, -0.25) is 4.79 Å². The molecule has 0 aliphatic heterocycles. The van der Waals surface area contributed by atoms with E-state index in [9.17, 15) is 9.59 Å². The van der Waals surface area contributed by atoms with Gasteiger partial charge in [0.1, 0.15) is 5.69 Å². The lowest BCUT2D eigenvalue weighted by atomic mass is 10.1. The van der Waals surface area contributed by atoms with E-state index in [1.54, 1.807) is 6.21 Å². The maximum absolute atomic E-state index is 12.2. The van der Waals surface area contributed by atoms with E-state index in [-0.39, 0.29) is 5.69 Å². The van der Waals surface area contributed by atoms with Crippen molar-refractivity contribution < 1.29 is 4.79 Å². The zero-order valence-electron chi connectivity index (χ0n) is 13.6. The van der Waals surface area contributed by atoms with E-state index in [2.05, 4.69) is 20.5 Å². The molecule has 1 amide bonds. The normalized spacial score (nSPS) is 10.8. The van der Waals surface area contributed by atoms with Crippen LogP contribution in [-0.2, 0) is 0 Å². The van der Waals surface area contributed by atoms with Crippen LogP contribution in [0.15, 0.2) is 70.6 Å². The minimum absolute atomic E-state index is 0.0974. The van der Waals surface area contributed by atoms with Crippen LogP contribution in [0.25, 0.3) is 11.3 Å². The van der Waals surface area contributed by atoms with Gasteiger partial charge < -0.3 is 4.98 Å². The number of hydrazone groups is 1. The number of rotatable bonds is 4. The minimum Gasteiger partial charge on any atom is -0.301 e. The molecule has 0 fully saturated rings. The van der Waals surface area contributed by atoms with E-state index < -0.39 is 11.6 Å². The van der Waals surface area contributed by atoms with Crippen molar-refractivity contribution in [2.24, 2.45) is 5.10 Å². The highest BCUT2D eigenvalue weighted by Gasteiger charge is 2.09. The first kappa shape index (κ1) is 16.3. The fraction of sp³-hybridized carbons (Fsp3) is 0.0526. The van der Waals surface area contributed by atoms with Crippen molar-refractivity contribution in [3.05, 3.63) is 88.0 Å². The molecule has 3 aromatic rings. The molecule has 0 bridgehead atoms. The van der Waals surface area contributed by atoms with E-state index in [0.29, 0.717) is 5.69 Å². The first-order valence-corrected chi connectivity index (χ1v) is 7.69. The summed E-state index contributed by atoms with van der Waals surface area (Å²) in [6.07, 6.45) is 1.54. The summed E-state index contributed by atoms with van der Waals surface area (Å²) in [4.78, 5) is 30.3. The molecule has 6 nitrogen and oxygen atoms in total. The van der Waals surface area contributed by atoms with Gasteiger partial charge in [0.05, 0.1) is 11.9 Å². The molecule has 0 saturated heterocycles. The largest absolute Gasteiger partial charge is 0.346 e. The number of aromatic nitrogens is 2. The smallest absolute Gasteiger partial charge is 0.301 e. The highest BCUT2D eigenvalue weighted by Crippen LogP contribution is 2.15. The zero-order chi connectivity index (χ0) is 17.6. The van der Waals surface area contributed by atoms with Crippen molar-refractivity contribution >= 4 is 12.1 Å². The third-order valence-electron chi connectivity index (χ3n) is 3.48. The van der Waals surface area contributed by atoms with Crippen molar-refractivity contribution in [3.63, 3.8) is 0 Å². The SMILES string of the molecule is Cc1cccc(/C=N/NC(=O)c2cc(-c3ccccc3)nc(=O)[nH]2)c1. The van der Waals surface area contributed by atoms with Crippen LogP contribution in [0.2, 0.25) is 0 Å². The number of aryl methyl sites for hydroxylation is 1. The molecule has 0 aliphatic rings. The van der Waals surface area contributed by atoms with Crippen LogP contribution in [0.3, 0.4) is 0 Å². The van der Waals surface area contributed by atoms with Crippen LogP contribution in [0.4, 0.5) is 0 Å². The quantitative estimate of drug-likeness (QED) is 0.568. The van der Waals surface area contributed by atoms with E-state index >= 15 is 0 Å². The van der Waals surface area contributed by atoms with Gasteiger partial charge in [-0.15, -0.1) is 0 Å². The zero-order valence-corrected chi connectivity index (χ0v) is 13.6. The van der Waals surface area contributed by atoms with Gasteiger partial charge >= 0.3 is 5.69 Å². The molecule has 0 spiro atoms. The fourth-order valence-electron chi connectivity index (χ4n) is 2.31. The lowest BCUT2D eigenvalue weighted by Gasteiger charge is -2.03. The van der Waals surface area contributed by atoms with Crippen molar-refractivity contribution in [1.82, 2.24) is 15.4 Å². The van der Waals surface area contributed by atoms with Crippen LogP contribution in [0.5, 0.6) is 0 Å². The summed E-state index contributed by atoms with van der Waals surface area (Å²) < 4.78 is 0. The van der Waals surface area contributed by atoms with Crippen LogP contribution in [0.1, 0.15) is 21.6 Å². The van der Waals surface area contributed by atoms with E-state index in [0.717, 1.165) is 16.7 Å². The van der Waals surface area contributed by atoms with Crippen LogP contribution in [0, 0.1) is 6.92 Å². The van der Waals surface area contributed by atoms with E-state index in [4.69, 9.17) is 0 Å². The molecule has 1 heterocycles. The third-order valence-corrected chi connectivity index (χ3v) is 3.48. The Labute approximate surface area is 144 Å². The number of hydrogen-bond acceptors (Lipinski definition) is 4. The summed E-state index contributed by atoms with van der Waals surface area (Å²) in [5.41, 5.74) is 5.06. The summed E-state index contributed by atoms with van der Waals surface area (Å²) in [6.45, 7) is 1.97. The average Bonchev–Trinajstić information content (AvgIpc) is 2.62. The molecule has 124 valence electrons. The van der Waals surface area contributed by atoms with Crippen LogP contribution >= 0.6 is 0 Å². The Morgan fingerprint density at radius 1 is 1.12 bits per heavy atom. The Kier molecular flexibility index (Phi) is 4.80. The molecule has 0 atom stereocenters. The summed E-state index contributed by atoms with van der Waals surface area (Å²) in [5, 5.41) is 3.92. The molecule has 0 aliphatic carbocycles. The fourth-order valence-corrected chi connectivity index (χ4v) is 2.31. The second-order valence-corrected chi connectivity index (χ2v) is 5.46. The summed E-state index contributed by atoms with van der Waals surface area (Å²) >= 11 is 0. The Balaban J connectivity index is 1.78. The second kappa shape index (κ2) is 7.35. The number of amides is 1. The first-order chi connectivity index (χ1) is 12.1. The Morgan fingerprint density at radius 3 is 2.68 bits per heavy atom. The Morgan fingerprint density at radius 2 is 1.92 bits per heavy atom. The maximum atomic E-state index is 12.2. The van der Waals surface area contributed by atoms with Crippen molar-refractivity contribution in [2.45, 2.75) is 6.92 Å². The topological polar surface area (TPSA) is 87.2 Å². The Bertz CT molecular complexity index is 978. The van der Waals surface area contributed by atoms with Gasteiger partial charge in [-0.05, 0) is 18.6 Å². The summed E-state index contributed by atoms with van der Waals surface area (Å²) in [5.74, 6) is -0.513. The predicted molar refractivity (Wildman–Crippen MR) is 96.5 cm³/mol. The number of benzene rings is 2. The van der Waals surface area contributed by atoms with Crippen LogP contribution in [-0.4, -0.2) is 22.1 Å². The average molecular weight is 332 g/mol. The van der Waals surface area contributed by atoms with Gasteiger partial charge in [0.2, 0.25) is 0 Å². The molecule has 0 radical (unpaired) electrons. The Hall–Kier alpha value is -3.54. The van der Waals surface area contributed by atoms with Gasteiger partial charge in [-0.25, -0.2) is 10.2 Å².